The van der Waals surface area contributed by atoms with Crippen molar-refractivity contribution in [2.24, 2.45) is 0 Å². The summed E-state index contributed by atoms with van der Waals surface area (Å²) in [6, 6.07) is 17.3. The zero-order chi connectivity index (χ0) is 20.4. The molecule has 0 bridgehead atoms. The Hall–Kier alpha value is -3.19. The van der Waals surface area contributed by atoms with Crippen LogP contribution in [0.5, 0.6) is 0 Å². The topological polar surface area (TPSA) is 72.2 Å². The molecule has 2 aromatic carbocycles. The van der Waals surface area contributed by atoms with Gasteiger partial charge in [0.25, 0.3) is 11.7 Å². The minimum absolute atomic E-state index is 0.119. The average molecular weight is 404 g/mol. The van der Waals surface area contributed by atoms with Crippen LogP contribution in [0.4, 0.5) is 5.69 Å². The third kappa shape index (κ3) is 4.14. The number of rotatable bonds is 5. The first-order valence-corrected chi connectivity index (χ1v) is 10.3. The number of carbonyl (C=O) groups is 1. The number of aryl methyl sites for hydroxylation is 3. The highest BCUT2D eigenvalue weighted by Crippen LogP contribution is 2.24. The van der Waals surface area contributed by atoms with Crippen LogP contribution >= 0.6 is 11.8 Å². The maximum atomic E-state index is 12.9. The van der Waals surface area contributed by atoms with Crippen LogP contribution in [0.25, 0.3) is 5.78 Å². The van der Waals surface area contributed by atoms with E-state index in [1.54, 1.807) is 4.52 Å². The molecule has 0 fully saturated rings. The molecule has 1 amide bonds. The predicted octanol–water partition coefficient (Wildman–Crippen LogP) is 4.59. The molecular weight excluding hydrogens is 382 g/mol. The standard InChI is InChI=1S/C22H21N5OS/c1-14-8-4-7-11-19(14)24-20(28)18-10-6-5-9-17(18)13-29-22-25-21-23-15(2)12-16(3)27(21)26-22/h4-12H,13H2,1-3H3,(H,24,28). The van der Waals surface area contributed by atoms with Crippen molar-refractivity contribution >= 4 is 29.1 Å². The molecule has 146 valence electrons. The van der Waals surface area contributed by atoms with Gasteiger partial charge in [-0.3, -0.25) is 4.79 Å². The number of nitrogens with zero attached hydrogens (tertiary/aromatic N) is 4. The lowest BCUT2D eigenvalue weighted by Gasteiger charge is -2.11. The fourth-order valence-electron chi connectivity index (χ4n) is 3.12. The lowest BCUT2D eigenvalue weighted by atomic mass is 10.1. The average Bonchev–Trinajstić information content (AvgIpc) is 3.11. The first-order valence-electron chi connectivity index (χ1n) is 9.30. The molecule has 0 unspecified atom stereocenters. The van der Waals surface area contributed by atoms with Gasteiger partial charge in [0.15, 0.2) is 0 Å². The summed E-state index contributed by atoms with van der Waals surface area (Å²) in [6.07, 6.45) is 0. The molecule has 0 aliphatic heterocycles. The molecule has 1 N–H and O–H groups in total. The van der Waals surface area contributed by atoms with Crippen molar-refractivity contribution in [3.8, 4) is 0 Å². The summed E-state index contributed by atoms with van der Waals surface area (Å²) in [7, 11) is 0. The van der Waals surface area contributed by atoms with Crippen LogP contribution in [0.3, 0.4) is 0 Å². The second-order valence-corrected chi connectivity index (χ2v) is 7.80. The van der Waals surface area contributed by atoms with Crippen molar-refractivity contribution < 1.29 is 4.79 Å². The number of hydrogen-bond donors (Lipinski definition) is 1. The monoisotopic (exact) mass is 403 g/mol. The summed E-state index contributed by atoms with van der Waals surface area (Å²) in [5.74, 6) is 1.06. The van der Waals surface area contributed by atoms with Gasteiger partial charge in [0.2, 0.25) is 5.16 Å². The highest BCUT2D eigenvalue weighted by Gasteiger charge is 2.14. The number of benzene rings is 2. The van der Waals surface area contributed by atoms with Gasteiger partial charge < -0.3 is 5.32 Å². The van der Waals surface area contributed by atoms with Crippen LogP contribution in [0, 0.1) is 20.8 Å². The molecule has 7 heteroatoms. The minimum atomic E-state index is -0.119. The number of para-hydroxylation sites is 1. The molecule has 0 atom stereocenters. The van der Waals surface area contributed by atoms with Crippen molar-refractivity contribution in [2.75, 3.05) is 5.32 Å². The summed E-state index contributed by atoms with van der Waals surface area (Å²) in [4.78, 5) is 21.8. The Morgan fingerprint density at radius 1 is 1.03 bits per heavy atom. The molecule has 0 aliphatic carbocycles. The molecule has 4 aromatic rings. The Bertz CT molecular complexity index is 1200. The number of carbonyl (C=O) groups excluding carboxylic acids is 1. The molecule has 2 heterocycles. The molecule has 29 heavy (non-hydrogen) atoms. The molecule has 2 aromatic heterocycles. The van der Waals surface area contributed by atoms with E-state index in [0.29, 0.717) is 22.3 Å². The van der Waals surface area contributed by atoms with Crippen molar-refractivity contribution in [1.82, 2.24) is 19.6 Å². The predicted molar refractivity (Wildman–Crippen MR) is 115 cm³/mol. The molecule has 0 radical (unpaired) electrons. The Balaban J connectivity index is 1.54. The van der Waals surface area contributed by atoms with E-state index in [0.717, 1.165) is 28.2 Å². The van der Waals surface area contributed by atoms with Crippen LogP contribution < -0.4 is 5.32 Å². The van der Waals surface area contributed by atoms with Crippen LogP contribution in [0.15, 0.2) is 59.8 Å². The first kappa shape index (κ1) is 19.1. The first-order chi connectivity index (χ1) is 14.0. The third-order valence-corrected chi connectivity index (χ3v) is 5.50. The largest absolute Gasteiger partial charge is 0.322 e. The minimum Gasteiger partial charge on any atom is -0.322 e. The fourth-order valence-corrected chi connectivity index (χ4v) is 3.94. The van der Waals surface area contributed by atoms with Crippen LogP contribution in [0.2, 0.25) is 0 Å². The van der Waals surface area contributed by atoms with Crippen molar-refractivity contribution in [2.45, 2.75) is 31.7 Å². The van der Waals surface area contributed by atoms with E-state index in [9.17, 15) is 4.79 Å². The van der Waals surface area contributed by atoms with Crippen molar-refractivity contribution in [3.63, 3.8) is 0 Å². The van der Waals surface area contributed by atoms with E-state index in [-0.39, 0.29) is 5.91 Å². The number of aromatic nitrogens is 4. The Kier molecular flexibility index (Phi) is 5.31. The summed E-state index contributed by atoms with van der Waals surface area (Å²) in [5, 5.41) is 8.17. The lowest BCUT2D eigenvalue weighted by Crippen LogP contribution is -2.14. The smallest absolute Gasteiger partial charge is 0.255 e. The van der Waals surface area contributed by atoms with Crippen molar-refractivity contribution in [3.05, 3.63) is 82.7 Å². The Morgan fingerprint density at radius 3 is 2.62 bits per heavy atom. The highest BCUT2D eigenvalue weighted by atomic mass is 32.2. The molecule has 0 saturated carbocycles. The van der Waals surface area contributed by atoms with Gasteiger partial charge in [0, 0.05) is 28.4 Å². The maximum Gasteiger partial charge on any atom is 0.255 e. The van der Waals surface area contributed by atoms with Crippen LogP contribution in [0.1, 0.15) is 32.9 Å². The van der Waals surface area contributed by atoms with E-state index in [1.807, 2.05) is 75.4 Å². The molecule has 0 saturated heterocycles. The van der Waals surface area contributed by atoms with Gasteiger partial charge in [-0.15, -0.1) is 5.10 Å². The summed E-state index contributed by atoms with van der Waals surface area (Å²) >= 11 is 1.49. The number of hydrogen-bond acceptors (Lipinski definition) is 5. The normalized spacial score (nSPS) is 11.0. The summed E-state index contributed by atoms with van der Waals surface area (Å²) < 4.78 is 1.74. The second kappa shape index (κ2) is 8.05. The van der Waals surface area contributed by atoms with Crippen molar-refractivity contribution in [1.29, 1.82) is 0 Å². The summed E-state index contributed by atoms with van der Waals surface area (Å²) in [6.45, 7) is 5.90. The maximum absolute atomic E-state index is 12.9. The summed E-state index contributed by atoms with van der Waals surface area (Å²) in [5.41, 5.74) is 5.33. The SMILES string of the molecule is Cc1cc(C)n2nc(SCc3ccccc3C(=O)Nc3ccccc3C)nc2n1. The zero-order valence-corrected chi connectivity index (χ0v) is 17.3. The van der Waals surface area contributed by atoms with Crippen LogP contribution in [-0.2, 0) is 5.75 Å². The van der Waals surface area contributed by atoms with Gasteiger partial charge >= 0.3 is 0 Å². The number of nitrogens with one attached hydrogen (secondary N) is 1. The highest BCUT2D eigenvalue weighted by molar-refractivity contribution is 7.98. The van der Waals surface area contributed by atoms with Gasteiger partial charge in [-0.1, -0.05) is 48.2 Å². The van der Waals surface area contributed by atoms with Gasteiger partial charge in [0.05, 0.1) is 0 Å². The number of amides is 1. The molecule has 4 rings (SSSR count). The quantitative estimate of drug-likeness (QED) is 0.493. The van der Waals surface area contributed by atoms with Gasteiger partial charge in [0.1, 0.15) is 0 Å². The third-order valence-electron chi connectivity index (χ3n) is 4.61. The van der Waals surface area contributed by atoms with Gasteiger partial charge in [-0.25, -0.2) is 9.50 Å². The lowest BCUT2D eigenvalue weighted by molar-refractivity contribution is 0.102. The van der Waals surface area contributed by atoms with Gasteiger partial charge in [-0.05, 0) is 50.1 Å². The molecule has 6 nitrogen and oxygen atoms in total. The molecule has 0 spiro atoms. The van der Waals surface area contributed by atoms with E-state index >= 15 is 0 Å². The van der Waals surface area contributed by atoms with E-state index in [2.05, 4.69) is 20.4 Å². The number of thioether (sulfide) groups is 1. The Morgan fingerprint density at radius 2 is 1.79 bits per heavy atom. The molecular formula is C22H21N5OS. The fraction of sp³-hybridized carbons (Fsp3) is 0.182. The molecule has 0 aliphatic rings. The second-order valence-electron chi connectivity index (χ2n) is 6.86. The van der Waals surface area contributed by atoms with E-state index < -0.39 is 0 Å². The van der Waals surface area contributed by atoms with Gasteiger partial charge in [-0.2, -0.15) is 4.98 Å². The number of anilines is 1. The zero-order valence-electron chi connectivity index (χ0n) is 16.5. The van der Waals surface area contributed by atoms with Crippen LogP contribution in [-0.4, -0.2) is 25.5 Å². The number of fused-ring (bicyclic) bond motifs is 1. The Labute approximate surface area is 173 Å². The van der Waals surface area contributed by atoms with E-state index in [1.165, 1.54) is 11.8 Å². The van der Waals surface area contributed by atoms with E-state index in [4.69, 9.17) is 0 Å².